The molecule has 1 rings (SSSR count). The summed E-state index contributed by atoms with van der Waals surface area (Å²) in [6, 6.07) is 7.25. The van der Waals surface area contributed by atoms with Crippen molar-refractivity contribution in [3.05, 3.63) is 40.6 Å². The van der Waals surface area contributed by atoms with Gasteiger partial charge in [0.05, 0.1) is 0 Å². The summed E-state index contributed by atoms with van der Waals surface area (Å²) < 4.78 is 0. The van der Waals surface area contributed by atoms with Crippen molar-refractivity contribution in [2.45, 2.75) is 26.8 Å². The third-order valence-electron chi connectivity index (χ3n) is 2.42. The van der Waals surface area contributed by atoms with Gasteiger partial charge in [-0.1, -0.05) is 17.7 Å². The SMILES string of the molecule is Cc1c(Cl)cccc1N/C=C(/C#N)C(=O)NC(C)C. The summed E-state index contributed by atoms with van der Waals surface area (Å²) in [6.07, 6.45) is 1.39. The molecule has 5 heteroatoms. The Kier molecular flexibility index (Phi) is 5.40. The number of benzene rings is 1. The largest absolute Gasteiger partial charge is 0.360 e. The number of anilines is 1. The summed E-state index contributed by atoms with van der Waals surface area (Å²) in [6.45, 7) is 5.53. The summed E-state index contributed by atoms with van der Waals surface area (Å²) in [5.74, 6) is -0.398. The lowest BCUT2D eigenvalue weighted by Gasteiger charge is -2.09. The molecule has 0 unspecified atom stereocenters. The summed E-state index contributed by atoms with van der Waals surface area (Å²) in [4.78, 5) is 11.7. The molecule has 1 aromatic rings. The third-order valence-corrected chi connectivity index (χ3v) is 2.83. The third kappa shape index (κ3) is 4.31. The number of amides is 1. The van der Waals surface area contributed by atoms with Crippen LogP contribution in [0.15, 0.2) is 30.0 Å². The molecule has 0 aliphatic carbocycles. The number of carbonyl (C=O) groups excluding carboxylic acids is 1. The normalized spacial score (nSPS) is 11.1. The van der Waals surface area contributed by atoms with E-state index in [0.29, 0.717) is 5.02 Å². The standard InChI is InChI=1S/C14H16ClN3O/c1-9(2)18-14(19)11(7-16)8-17-13-6-4-5-12(15)10(13)3/h4-6,8-9,17H,1-3H3,(H,18,19)/b11-8-. The fourth-order valence-corrected chi connectivity index (χ4v) is 1.58. The Morgan fingerprint density at radius 3 is 2.74 bits per heavy atom. The maximum atomic E-state index is 11.7. The number of nitriles is 1. The van der Waals surface area contributed by atoms with Gasteiger partial charge in [0.2, 0.25) is 0 Å². The van der Waals surface area contributed by atoms with E-state index < -0.39 is 5.91 Å². The zero-order chi connectivity index (χ0) is 14.4. The Morgan fingerprint density at radius 2 is 2.16 bits per heavy atom. The summed E-state index contributed by atoms with van der Waals surface area (Å²) >= 11 is 5.99. The van der Waals surface area contributed by atoms with Gasteiger partial charge in [-0.25, -0.2) is 0 Å². The molecule has 19 heavy (non-hydrogen) atoms. The highest BCUT2D eigenvalue weighted by Crippen LogP contribution is 2.22. The van der Waals surface area contributed by atoms with Crippen LogP contribution in [0.25, 0.3) is 0 Å². The van der Waals surface area contributed by atoms with E-state index in [9.17, 15) is 4.79 Å². The van der Waals surface area contributed by atoms with Crippen LogP contribution < -0.4 is 10.6 Å². The van der Waals surface area contributed by atoms with Crippen LogP contribution >= 0.6 is 11.6 Å². The van der Waals surface area contributed by atoms with E-state index in [1.807, 2.05) is 32.9 Å². The average molecular weight is 278 g/mol. The minimum absolute atomic E-state index is 0.0165. The molecule has 4 nitrogen and oxygen atoms in total. The summed E-state index contributed by atoms with van der Waals surface area (Å²) in [5, 5.41) is 15.2. The fourth-order valence-electron chi connectivity index (χ4n) is 1.40. The molecule has 1 aromatic carbocycles. The number of carbonyl (C=O) groups is 1. The van der Waals surface area contributed by atoms with Crippen LogP contribution in [0.2, 0.25) is 5.02 Å². The van der Waals surface area contributed by atoms with E-state index in [1.54, 1.807) is 12.1 Å². The highest BCUT2D eigenvalue weighted by Gasteiger charge is 2.10. The topological polar surface area (TPSA) is 64.9 Å². The van der Waals surface area contributed by atoms with Crippen LogP contribution in [-0.4, -0.2) is 11.9 Å². The predicted molar refractivity (Wildman–Crippen MR) is 76.8 cm³/mol. The van der Waals surface area contributed by atoms with Gasteiger partial charge in [-0.05, 0) is 38.5 Å². The quantitative estimate of drug-likeness (QED) is 0.657. The minimum atomic E-state index is -0.398. The molecule has 0 aliphatic rings. The molecular weight excluding hydrogens is 262 g/mol. The fraction of sp³-hybridized carbons (Fsp3) is 0.286. The van der Waals surface area contributed by atoms with Crippen LogP contribution in [0.5, 0.6) is 0 Å². The van der Waals surface area contributed by atoms with Gasteiger partial charge in [0.15, 0.2) is 0 Å². The Labute approximate surface area is 118 Å². The molecule has 0 spiro atoms. The van der Waals surface area contributed by atoms with Crippen molar-refractivity contribution >= 4 is 23.2 Å². The molecule has 0 saturated heterocycles. The van der Waals surface area contributed by atoms with Crippen molar-refractivity contribution in [3.63, 3.8) is 0 Å². The van der Waals surface area contributed by atoms with E-state index in [4.69, 9.17) is 16.9 Å². The number of rotatable bonds is 4. The molecule has 0 atom stereocenters. The van der Waals surface area contributed by atoms with Crippen molar-refractivity contribution in [3.8, 4) is 6.07 Å². The molecule has 100 valence electrons. The zero-order valence-corrected chi connectivity index (χ0v) is 11.9. The Balaban J connectivity index is 2.87. The van der Waals surface area contributed by atoms with E-state index in [0.717, 1.165) is 11.3 Å². The highest BCUT2D eigenvalue weighted by molar-refractivity contribution is 6.31. The van der Waals surface area contributed by atoms with Crippen LogP contribution in [0.1, 0.15) is 19.4 Å². The van der Waals surface area contributed by atoms with Crippen molar-refractivity contribution in [1.29, 1.82) is 5.26 Å². The van der Waals surface area contributed by atoms with Gasteiger partial charge < -0.3 is 10.6 Å². The average Bonchev–Trinajstić information content (AvgIpc) is 2.34. The summed E-state index contributed by atoms with van der Waals surface area (Å²) in [7, 11) is 0. The van der Waals surface area contributed by atoms with E-state index in [2.05, 4.69) is 10.6 Å². The first-order valence-corrected chi connectivity index (χ1v) is 6.26. The first-order valence-electron chi connectivity index (χ1n) is 5.88. The number of nitrogens with one attached hydrogen (secondary N) is 2. The molecule has 0 radical (unpaired) electrons. The Hall–Kier alpha value is -1.99. The lowest BCUT2D eigenvalue weighted by molar-refractivity contribution is -0.117. The first-order chi connectivity index (χ1) is 8.95. The molecule has 0 bridgehead atoms. The molecular formula is C14H16ClN3O. The number of halogens is 1. The molecule has 0 aromatic heterocycles. The zero-order valence-electron chi connectivity index (χ0n) is 11.1. The second-order valence-electron chi connectivity index (χ2n) is 4.35. The maximum absolute atomic E-state index is 11.7. The van der Waals surface area contributed by atoms with E-state index >= 15 is 0 Å². The van der Waals surface area contributed by atoms with Crippen LogP contribution in [-0.2, 0) is 4.79 Å². The van der Waals surface area contributed by atoms with Crippen molar-refractivity contribution in [2.24, 2.45) is 0 Å². The van der Waals surface area contributed by atoms with Crippen molar-refractivity contribution in [1.82, 2.24) is 5.32 Å². The lowest BCUT2D eigenvalue weighted by atomic mass is 10.2. The monoisotopic (exact) mass is 277 g/mol. The number of nitrogens with zero attached hydrogens (tertiary/aromatic N) is 1. The van der Waals surface area contributed by atoms with Crippen LogP contribution in [0.4, 0.5) is 5.69 Å². The Bertz CT molecular complexity index is 544. The smallest absolute Gasteiger partial charge is 0.263 e. The van der Waals surface area contributed by atoms with Gasteiger partial charge in [0.1, 0.15) is 11.6 Å². The summed E-state index contributed by atoms with van der Waals surface area (Å²) in [5.41, 5.74) is 1.65. The predicted octanol–water partition coefficient (Wildman–Crippen LogP) is 2.99. The van der Waals surface area contributed by atoms with Crippen molar-refractivity contribution in [2.75, 3.05) is 5.32 Å². The first kappa shape index (κ1) is 15.1. The van der Waals surface area contributed by atoms with E-state index in [1.165, 1.54) is 6.20 Å². The van der Waals surface area contributed by atoms with Crippen LogP contribution in [0.3, 0.4) is 0 Å². The minimum Gasteiger partial charge on any atom is -0.360 e. The Morgan fingerprint density at radius 1 is 1.47 bits per heavy atom. The van der Waals surface area contributed by atoms with Gasteiger partial charge >= 0.3 is 0 Å². The van der Waals surface area contributed by atoms with Gasteiger partial charge in [-0.2, -0.15) is 5.26 Å². The molecule has 0 saturated carbocycles. The number of hydrogen-bond acceptors (Lipinski definition) is 3. The lowest BCUT2D eigenvalue weighted by Crippen LogP contribution is -2.31. The molecule has 0 heterocycles. The molecule has 1 amide bonds. The van der Waals surface area contributed by atoms with Gasteiger partial charge in [-0.15, -0.1) is 0 Å². The maximum Gasteiger partial charge on any atom is 0.263 e. The van der Waals surface area contributed by atoms with E-state index in [-0.39, 0.29) is 11.6 Å². The molecule has 2 N–H and O–H groups in total. The van der Waals surface area contributed by atoms with Gasteiger partial charge in [-0.3, -0.25) is 4.79 Å². The number of hydrogen-bond donors (Lipinski definition) is 2. The van der Waals surface area contributed by atoms with Gasteiger partial charge in [0.25, 0.3) is 5.91 Å². The van der Waals surface area contributed by atoms with Crippen LogP contribution in [0, 0.1) is 18.3 Å². The highest BCUT2D eigenvalue weighted by atomic mass is 35.5. The molecule has 0 fully saturated rings. The molecule has 0 aliphatic heterocycles. The second-order valence-corrected chi connectivity index (χ2v) is 4.76. The van der Waals surface area contributed by atoms with Gasteiger partial charge in [0, 0.05) is 23.0 Å². The second kappa shape index (κ2) is 6.81. The van der Waals surface area contributed by atoms with Crippen molar-refractivity contribution < 1.29 is 4.79 Å².